The van der Waals surface area contributed by atoms with Gasteiger partial charge in [0.15, 0.2) is 15.4 Å². The zero-order chi connectivity index (χ0) is 19.0. The minimum Gasteiger partial charge on any atom is -0.396 e. The van der Waals surface area contributed by atoms with Crippen molar-refractivity contribution in [3.8, 4) is 0 Å². The van der Waals surface area contributed by atoms with Gasteiger partial charge in [-0.15, -0.1) is 0 Å². The van der Waals surface area contributed by atoms with E-state index in [1.807, 2.05) is 0 Å². The van der Waals surface area contributed by atoms with E-state index in [0.717, 1.165) is 6.26 Å². The van der Waals surface area contributed by atoms with Gasteiger partial charge in [0.05, 0.1) is 4.90 Å². The van der Waals surface area contributed by atoms with Gasteiger partial charge in [0.25, 0.3) is 0 Å². The summed E-state index contributed by atoms with van der Waals surface area (Å²) in [6.07, 6.45) is -5.75. The van der Waals surface area contributed by atoms with Crippen LogP contribution >= 0.6 is 11.6 Å². The predicted octanol–water partition coefficient (Wildman–Crippen LogP) is 3.09. The third-order valence-corrected chi connectivity index (χ3v) is 5.23. The molecule has 1 rings (SSSR count). The highest BCUT2D eigenvalue weighted by Gasteiger charge is 2.55. The summed E-state index contributed by atoms with van der Waals surface area (Å²) < 4.78 is 63.6. The van der Waals surface area contributed by atoms with Gasteiger partial charge >= 0.3 is 6.18 Å². The average Bonchev–Trinajstić information content (AvgIpc) is 2.35. The first-order valence-corrected chi connectivity index (χ1v) is 9.31. The Kier molecular flexibility index (Phi) is 6.03. The van der Waals surface area contributed by atoms with Crippen LogP contribution in [-0.4, -0.2) is 43.3 Å². The lowest BCUT2D eigenvalue weighted by Gasteiger charge is -2.38. The highest BCUT2D eigenvalue weighted by atomic mass is 35.5. The first-order valence-electron chi connectivity index (χ1n) is 7.04. The van der Waals surface area contributed by atoms with Crippen LogP contribution in [0.3, 0.4) is 0 Å². The smallest absolute Gasteiger partial charge is 0.396 e. The standard InChI is InChI=1S/C15H20ClF3O4S/c1-13(2,9-14(21,6-7-20)15(17,18)19)11-5-4-10(16)8-12(11)24(3,22)23/h4-5,8,20-21H,6-7,9H2,1-3H3/t14-/m0/s1. The first-order chi connectivity index (χ1) is 10.6. The van der Waals surface area contributed by atoms with E-state index in [-0.39, 0.29) is 15.5 Å². The molecular weight excluding hydrogens is 369 g/mol. The number of sulfone groups is 1. The lowest BCUT2D eigenvalue weighted by atomic mass is 9.74. The molecule has 9 heteroatoms. The summed E-state index contributed by atoms with van der Waals surface area (Å²) in [5.41, 5.74) is -4.36. The Morgan fingerprint density at radius 1 is 1.21 bits per heavy atom. The molecule has 4 nitrogen and oxygen atoms in total. The second-order valence-corrected chi connectivity index (χ2v) is 8.90. The monoisotopic (exact) mass is 388 g/mol. The van der Waals surface area contributed by atoms with Crippen molar-refractivity contribution < 1.29 is 31.8 Å². The molecule has 0 saturated heterocycles. The van der Waals surface area contributed by atoms with Gasteiger partial charge in [0, 0.05) is 24.3 Å². The maximum Gasteiger partial charge on any atom is 0.417 e. The van der Waals surface area contributed by atoms with Gasteiger partial charge in [-0.1, -0.05) is 31.5 Å². The van der Waals surface area contributed by atoms with Crippen LogP contribution in [0, 0.1) is 0 Å². The quantitative estimate of drug-likeness (QED) is 0.785. The van der Waals surface area contributed by atoms with Gasteiger partial charge in [-0.25, -0.2) is 8.42 Å². The van der Waals surface area contributed by atoms with Crippen molar-refractivity contribution in [1.29, 1.82) is 0 Å². The molecule has 0 saturated carbocycles. The lowest BCUT2D eigenvalue weighted by molar-refractivity contribution is -0.271. The minimum atomic E-state index is -4.97. The maximum atomic E-state index is 13.2. The normalized spacial score (nSPS) is 16.0. The second kappa shape index (κ2) is 6.82. The van der Waals surface area contributed by atoms with Crippen molar-refractivity contribution in [1.82, 2.24) is 0 Å². The van der Waals surface area contributed by atoms with Crippen molar-refractivity contribution >= 4 is 21.4 Å². The second-order valence-electron chi connectivity index (χ2n) is 6.48. The van der Waals surface area contributed by atoms with Crippen LogP contribution < -0.4 is 0 Å². The molecule has 0 aliphatic heterocycles. The zero-order valence-electron chi connectivity index (χ0n) is 13.5. The van der Waals surface area contributed by atoms with Crippen LogP contribution in [0.5, 0.6) is 0 Å². The SMILES string of the molecule is CC(C)(C[C@@](O)(CCO)C(F)(F)F)c1ccc(Cl)cc1S(C)(=O)=O. The molecule has 1 atom stereocenters. The molecule has 0 heterocycles. The Morgan fingerprint density at radius 2 is 1.75 bits per heavy atom. The number of rotatable bonds is 6. The van der Waals surface area contributed by atoms with Crippen LogP contribution in [0.2, 0.25) is 5.02 Å². The first kappa shape index (κ1) is 21.2. The molecule has 0 aliphatic rings. The van der Waals surface area contributed by atoms with Gasteiger partial charge in [-0.2, -0.15) is 13.2 Å². The average molecular weight is 389 g/mol. The summed E-state index contributed by atoms with van der Waals surface area (Å²) in [6.45, 7) is 1.95. The number of hydrogen-bond acceptors (Lipinski definition) is 4. The van der Waals surface area contributed by atoms with Crippen molar-refractivity contribution in [2.75, 3.05) is 12.9 Å². The van der Waals surface area contributed by atoms with E-state index in [4.69, 9.17) is 16.7 Å². The summed E-state index contributed by atoms with van der Waals surface area (Å²) in [7, 11) is -3.74. The number of aliphatic hydroxyl groups is 2. The highest BCUT2D eigenvalue weighted by molar-refractivity contribution is 7.90. The third kappa shape index (κ3) is 4.62. The van der Waals surface area contributed by atoms with Crippen LogP contribution in [-0.2, 0) is 15.3 Å². The van der Waals surface area contributed by atoms with Crippen molar-refractivity contribution in [3.05, 3.63) is 28.8 Å². The summed E-state index contributed by atoms with van der Waals surface area (Å²) in [4.78, 5) is -0.187. The van der Waals surface area contributed by atoms with Crippen molar-refractivity contribution in [3.63, 3.8) is 0 Å². The Balaban J connectivity index is 3.45. The molecule has 138 valence electrons. The summed E-state index contributed by atoms with van der Waals surface area (Å²) in [5.74, 6) is 0. The minimum absolute atomic E-state index is 0.120. The number of benzene rings is 1. The van der Waals surface area contributed by atoms with E-state index in [9.17, 15) is 26.7 Å². The van der Waals surface area contributed by atoms with Gasteiger partial charge in [0.2, 0.25) is 0 Å². The van der Waals surface area contributed by atoms with Gasteiger partial charge in [-0.3, -0.25) is 0 Å². The van der Waals surface area contributed by atoms with Crippen molar-refractivity contribution in [2.24, 2.45) is 0 Å². The molecule has 1 aromatic carbocycles. The Morgan fingerprint density at radius 3 is 2.17 bits per heavy atom. The number of aliphatic hydroxyl groups excluding tert-OH is 1. The molecule has 2 N–H and O–H groups in total. The van der Waals surface area contributed by atoms with E-state index >= 15 is 0 Å². The van der Waals surface area contributed by atoms with Gasteiger partial charge in [0.1, 0.15) is 0 Å². The molecule has 0 fully saturated rings. The largest absolute Gasteiger partial charge is 0.417 e. The maximum absolute atomic E-state index is 13.2. The van der Waals surface area contributed by atoms with Crippen LogP contribution in [0.1, 0.15) is 32.3 Å². The Labute approximate surface area is 144 Å². The summed E-state index contributed by atoms with van der Waals surface area (Å²) in [6, 6.07) is 3.90. The molecule has 0 aliphatic carbocycles. The van der Waals surface area contributed by atoms with Crippen molar-refractivity contribution in [2.45, 2.75) is 48.8 Å². The predicted molar refractivity (Wildman–Crippen MR) is 84.9 cm³/mol. The van der Waals surface area contributed by atoms with Gasteiger partial charge < -0.3 is 10.2 Å². The Hall–Kier alpha value is -0.830. The molecule has 24 heavy (non-hydrogen) atoms. The molecule has 0 radical (unpaired) electrons. The summed E-state index contributed by atoms with van der Waals surface area (Å²) in [5, 5.41) is 19.0. The summed E-state index contributed by atoms with van der Waals surface area (Å²) >= 11 is 5.80. The van der Waals surface area contributed by atoms with E-state index in [0.29, 0.717) is 0 Å². The van der Waals surface area contributed by atoms with E-state index < -0.39 is 46.5 Å². The fourth-order valence-electron chi connectivity index (χ4n) is 2.70. The lowest BCUT2D eigenvalue weighted by Crippen LogP contribution is -2.49. The molecule has 0 spiro atoms. The molecule has 0 bridgehead atoms. The Bertz CT molecular complexity index is 701. The third-order valence-electron chi connectivity index (χ3n) is 3.86. The number of hydrogen-bond donors (Lipinski definition) is 2. The molecular formula is C15H20ClF3O4S. The molecule has 0 unspecified atom stereocenters. The molecule has 0 aromatic heterocycles. The van der Waals surface area contributed by atoms with Crippen LogP contribution in [0.15, 0.2) is 23.1 Å². The number of alkyl halides is 3. The topological polar surface area (TPSA) is 74.6 Å². The zero-order valence-corrected chi connectivity index (χ0v) is 15.1. The fourth-order valence-corrected chi connectivity index (χ4v) is 4.03. The molecule has 0 amide bonds. The highest BCUT2D eigenvalue weighted by Crippen LogP contribution is 2.44. The van der Waals surface area contributed by atoms with E-state index in [2.05, 4.69) is 0 Å². The van der Waals surface area contributed by atoms with Gasteiger partial charge in [-0.05, 0) is 29.5 Å². The van der Waals surface area contributed by atoms with Crippen LogP contribution in [0.25, 0.3) is 0 Å². The van der Waals surface area contributed by atoms with Crippen LogP contribution in [0.4, 0.5) is 13.2 Å². The molecule has 1 aromatic rings. The fraction of sp³-hybridized carbons (Fsp3) is 0.600. The number of halogens is 4. The van der Waals surface area contributed by atoms with E-state index in [1.54, 1.807) is 0 Å². The van der Waals surface area contributed by atoms with E-state index in [1.165, 1.54) is 32.0 Å².